The molecule has 1 unspecified atom stereocenters. The van der Waals surface area contributed by atoms with Crippen LogP contribution in [0.4, 0.5) is 0 Å². The van der Waals surface area contributed by atoms with Crippen molar-refractivity contribution in [2.24, 2.45) is 0 Å². The number of amides is 1. The molecule has 1 aliphatic heterocycles. The van der Waals surface area contributed by atoms with Crippen molar-refractivity contribution in [2.45, 2.75) is 16.9 Å². The number of aromatic nitrogens is 2. The number of nitrogens with zero attached hydrogens (tertiary/aromatic N) is 3. The molecule has 1 amide bonds. The Bertz CT molecular complexity index is 552. The zero-order valence-electron chi connectivity index (χ0n) is 9.70. The molecule has 0 aromatic carbocycles. The number of thiophene rings is 1. The summed E-state index contributed by atoms with van der Waals surface area (Å²) in [5.74, 6) is 0.655. The lowest BCUT2D eigenvalue weighted by Gasteiger charge is -2.07. The first kappa shape index (κ1) is 11.7. The van der Waals surface area contributed by atoms with Crippen molar-refractivity contribution >= 4 is 29.0 Å². The SMILES string of the molecule is CN1CCC(Sc2nnc(-c3cccs3)o2)C1=O. The first-order valence-electron chi connectivity index (χ1n) is 5.53. The van der Waals surface area contributed by atoms with Crippen molar-refractivity contribution < 1.29 is 9.21 Å². The lowest BCUT2D eigenvalue weighted by atomic mass is 10.4. The number of carbonyl (C=O) groups is 1. The highest BCUT2D eigenvalue weighted by Gasteiger charge is 2.31. The summed E-state index contributed by atoms with van der Waals surface area (Å²) in [4.78, 5) is 14.4. The molecule has 94 valence electrons. The average Bonchev–Trinajstić information content (AvgIpc) is 3.06. The number of hydrogen-bond donors (Lipinski definition) is 0. The third-order valence-corrected chi connectivity index (χ3v) is 4.71. The van der Waals surface area contributed by atoms with Gasteiger partial charge >= 0.3 is 0 Å². The second-order valence-electron chi connectivity index (χ2n) is 4.01. The first-order valence-corrected chi connectivity index (χ1v) is 7.29. The fraction of sp³-hybridized carbons (Fsp3) is 0.364. The summed E-state index contributed by atoms with van der Waals surface area (Å²) < 4.78 is 5.55. The molecule has 7 heteroatoms. The summed E-state index contributed by atoms with van der Waals surface area (Å²) in [5, 5.41) is 10.3. The minimum absolute atomic E-state index is 0.0911. The summed E-state index contributed by atoms with van der Waals surface area (Å²) in [7, 11) is 1.81. The highest BCUT2D eigenvalue weighted by molar-refractivity contribution is 8.00. The van der Waals surface area contributed by atoms with E-state index in [9.17, 15) is 4.79 Å². The summed E-state index contributed by atoms with van der Waals surface area (Å²) in [5.41, 5.74) is 0. The highest BCUT2D eigenvalue weighted by Crippen LogP contribution is 2.32. The van der Waals surface area contributed by atoms with Gasteiger partial charge in [-0.15, -0.1) is 21.5 Å². The molecule has 0 radical (unpaired) electrons. The molecule has 1 atom stereocenters. The fourth-order valence-corrected chi connectivity index (χ4v) is 3.39. The molecule has 1 aliphatic rings. The Morgan fingerprint density at radius 1 is 1.56 bits per heavy atom. The van der Waals surface area contributed by atoms with E-state index < -0.39 is 0 Å². The standard InChI is InChI=1S/C11H11N3O2S2/c1-14-5-4-8(10(14)15)18-11-13-12-9(16-11)7-3-2-6-17-7/h2-3,6,8H,4-5H2,1H3. The van der Waals surface area contributed by atoms with Gasteiger partial charge in [-0.2, -0.15) is 0 Å². The molecule has 3 rings (SSSR count). The minimum Gasteiger partial charge on any atom is -0.410 e. The Hall–Kier alpha value is -1.34. The van der Waals surface area contributed by atoms with Crippen molar-refractivity contribution in [1.29, 1.82) is 0 Å². The molecular formula is C11H11N3O2S2. The van der Waals surface area contributed by atoms with Gasteiger partial charge < -0.3 is 9.32 Å². The molecule has 0 aliphatic carbocycles. The zero-order valence-corrected chi connectivity index (χ0v) is 11.3. The summed E-state index contributed by atoms with van der Waals surface area (Å²) in [6, 6.07) is 3.87. The second kappa shape index (κ2) is 4.74. The van der Waals surface area contributed by atoms with E-state index in [0.29, 0.717) is 11.1 Å². The van der Waals surface area contributed by atoms with Crippen LogP contribution in [0.15, 0.2) is 27.2 Å². The Labute approximate surface area is 112 Å². The Kier molecular flexibility index (Phi) is 3.09. The molecule has 0 bridgehead atoms. The van der Waals surface area contributed by atoms with Gasteiger partial charge in [0.2, 0.25) is 5.91 Å². The van der Waals surface area contributed by atoms with Crippen LogP contribution in [0.25, 0.3) is 10.8 Å². The molecule has 2 aromatic heterocycles. The van der Waals surface area contributed by atoms with Crippen LogP contribution >= 0.6 is 23.1 Å². The van der Waals surface area contributed by atoms with Crippen LogP contribution in [0.3, 0.4) is 0 Å². The van der Waals surface area contributed by atoms with Crippen molar-refractivity contribution in [1.82, 2.24) is 15.1 Å². The predicted molar refractivity (Wildman–Crippen MR) is 69.5 cm³/mol. The first-order chi connectivity index (χ1) is 8.74. The molecule has 1 saturated heterocycles. The van der Waals surface area contributed by atoms with Gasteiger partial charge in [-0.25, -0.2) is 0 Å². The molecule has 18 heavy (non-hydrogen) atoms. The van der Waals surface area contributed by atoms with Crippen LogP contribution in [0, 0.1) is 0 Å². The topological polar surface area (TPSA) is 59.2 Å². The minimum atomic E-state index is -0.0911. The normalized spacial score (nSPS) is 19.7. The van der Waals surface area contributed by atoms with Gasteiger partial charge in [0.25, 0.3) is 11.1 Å². The molecule has 0 spiro atoms. The number of hydrogen-bond acceptors (Lipinski definition) is 6. The van der Waals surface area contributed by atoms with Gasteiger partial charge in [0.1, 0.15) is 0 Å². The van der Waals surface area contributed by atoms with Gasteiger partial charge in [-0.3, -0.25) is 4.79 Å². The van der Waals surface area contributed by atoms with Crippen molar-refractivity contribution in [3.63, 3.8) is 0 Å². The van der Waals surface area contributed by atoms with Gasteiger partial charge in [0, 0.05) is 13.6 Å². The Morgan fingerprint density at radius 2 is 2.44 bits per heavy atom. The van der Waals surface area contributed by atoms with Crippen LogP contribution < -0.4 is 0 Å². The third-order valence-electron chi connectivity index (χ3n) is 2.76. The molecular weight excluding hydrogens is 270 g/mol. The van der Waals surface area contributed by atoms with Crippen LogP contribution in [-0.4, -0.2) is 39.8 Å². The van der Waals surface area contributed by atoms with E-state index in [1.807, 2.05) is 24.6 Å². The van der Waals surface area contributed by atoms with Crippen LogP contribution in [-0.2, 0) is 4.79 Å². The van der Waals surface area contributed by atoms with Crippen molar-refractivity contribution in [2.75, 3.05) is 13.6 Å². The van der Waals surface area contributed by atoms with Gasteiger partial charge in [0.15, 0.2) is 0 Å². The van der Waals surface area contributed by atoms with Gasteiger partial charge in [-0.1, -0.05) is 17.8 Å². The molecule has 0 saturated carbocycles. The molecule has 5 nitrogen and oxygen atoms in total. The van der Waals surface area contributed by atoms with E-state index in [1.54, 1.807) is 16.2 Å². The molecule has 2 aromatic rings. The van der Waals surface area contributed by atoms with Crippen LogP contribution in [0.2, 0.25) is 0 Å². The van der Waals surface area contributed by atoms with E-state index >= 15 is 0 Å². The van der Waals surface area contributed by atoms with E-state index in [1.165, 1.54) is 11.8 Å². The van der Waals surface area contributed by atoms with E-state index in [0.717, 1.165) is 17.8 Å². The van der Waals surface area contributed by atoms with Crippen LogP contribution in [0.5, 0.6) is 0 Å². The number of rotatable bonds is 3. The third kappa shape index (κ3) is 2.15. The molecule has 3 heterocycles. The zero-order chi connectivity index (χ0) is 12.5. The lowest BCUT2D eigenvalue weighted by Crippen LogP contribution is -2.23. The van der Waals surface area contributed by atoms with Gasteiger partial charge in [0.05, 0.1) is 10.1 Å². The largest absolute Gasteiger partial charge is 0.410 e. The monoisotopic (exact) mass is 281 g/mol. The van der Waals surface area contributed by atoms with Gasteiger partial charge in [-0.05, 0) is 17.9 Å². The van der Waals surface area contributed by atoms with E-state index in [2.05, 4.69) is 10.2 Å². The van der Waals surface area contributed by atoms with E-state index in [-0.39, 0.29) is 11.2 Å². The Morgan fingerprint density at radius 3 is 3.11 bits per heavy atom. The maximum absolute atomic E-state index is 11.8. The maximum atomic E-state index is 11.8. The molecule has 1 fully saturated rings. The fourth-order valence-electron chi connectivity index (χ4n) is 1.78. The second-order valence-corrected chi connectivity index (χ2v) is 6.11. The number of thioether (sulfide) groups is 1. The number of carbonyl (C=O) groups excluding carboxylic acids is 1. The lowest BCUT2D eigenvalue weighted by molar-refractivity contribution is -0.126. The highest BCUT2D eigenvalue weighted by atomic mass is 32.2. The summed E-state index contributed by atoms with van der Waals surface area (Å²) in [6.07, 6.45) is 0.830. The van der Waals surface area contributed by atoms with Crippen molar-refractivity contribution in [3.05, 3.63) is 17.5 Å². The van der Waals surface area contributed by atoms with Crippen molar-refractivity contribution in [3.8, 4) is 10.8 Å². The molecule has 0 N–H and O–H groups in total. The predicted octanol–water partition coefficient (Wildman–Crippen LogP) is 2.12. The maximum Gasteiger partial charge on any atom is 0.277 e. The quantitative estimate of drug-likeness (QED) is 0.862. The van der Waals surface area contributed by atoms with Crippen LogP contribution in [0.1, 0.15) is 6.42 Å². The summed E-state index contributed by atoms with van der Waals surface area (Å²) in [6.45, 7) is 0.794. The summed E-state index contributed by atoms with van der Waals surface area (Å²) >= 11 is 2.91. The number of likely N-dealkylation sites (tertiary alicyclic amines) is 1. The van der Waals surface area contributed by atoms with E-state index in [4.69, 9.17) is 4.42 Å². The Balaban J connectivity index is 1.73. The smallest absolute Gasteiger partial charge is 0.277 e. The average molecular weight is 281 g/mol.